The van der Waals surface area contributed by atoms with Crippen LogP contribution < -0.4 is 14.9 Å². The number of nitro benzene ring substituents is 1. The second-order valence-electron chi connectivity index (χ2n) is 4.40. The zero-order valence-electron chi connectivity index (χ0n) is 12.8. The SMILES string of the molecule is COc1cc([N+](=O)[O-])ccc1N=NNc1ccc(N=O)cc1OC. The van der Waals surface area contributed by atoms with E-state index in [9.17, 15) is 15.0 Å². The number of methoxy groups -OCH3 is 2. The Morgan fingerprint density at radius 2 is 1.83 bits per heavy atom. The van der Waals surface area contributed by atoms with Gasteiger partial charge in [-0.25, -0.2) is 0 Å². The van der Waals surface area contributed by atoms with Crippen molar-refractivity contribution in [1.82, 2.24) is 0 Å². The van der Waals surface area contributed by atoms with Crippen molar-refractivity contribution in [3.05, 3.63) is 51.4 Å². The van der Waals surface area contributed by atoms with Gasteiger partial charge in [-0.15, -0.1) is 10.0 Å². The number of hydrogen-bond acceptors (Lipinski definition) is 8. The summed E-state index contributed by atoms with van der Waals surface area (Å²) in [6, 6.07) is 8.44. The molecule has 0 aliphatic heterocycles. The summed E-state index contributed by atoms with van der Waals surface area (Å²) < 4.78 is 10.2. The van der Waals surface area contributed by atoms with Crippen LogP contribution in [-0.4, -0.2) is 19.1 Å². The van der Waals surface area contributed by atoms with Crippen LogP contribution >= 0.6 is 0 Å². The first kappa shape index (κ1) is 16.8. The topological polar surface area (TPSA) is 128 Å². The van der Waals surface area contributed by atoms with E-state index < -0.39 is 4.92 Å². The van der Waals surface area contributed by atoms with Gasteiger partial charge in [0.2, 0.25) is 0 Å². The lowest BCUT2D eigenvalue weighted by molar-refractivity contribution is -0.384. The van der Waals surface area contributed by atoms with Crippen molar-refractivity contribution in [3.8, 4) is 11.5 Å². The first-order chi connectivity index (χ1) is 11.6. The Bertz CT molecular complexity index is 793. The molecule has 0 saturated heterocycles. The molecule has 2 aromatic carbocycles. The van der Waals surface area contributed by atoms with Crippen LogP contribution in [0.25, 0.3) is 0 Å². The van der Waals surface area contributed by atoms with Crippen LogP contribution in [0.1, 0.15) is 0 Å². The molecule has 0 radical (unpaired) electrons. The average Bonchev–Trinajstić information content (AvgIpc) is 2.61. The molecule has 0 fully saturated rings. The summed E-state index contributed by atoms with van der Waals surface area (Å²) in [5.74, 6) is 0.573. The maximum absolute atomic E-state index is 10.7. The second kappa shape index (κ2) is 7.63. The highest BCUT2D eigenvalue weighted by Crippen LogP contribution is 2.32. The molecule has 0 saturated carbocycles. The largest absolute Gasteiger partial charge is 0.494 e. The molecular weight excluding hydrogens is 318 g/mol. The molecule has 0 atom stereocenters. The van der Waals surface area contributed by atoms with Crippen LogP contribution in [0.15, 0.2) is 51.9 Å². The molecule has 0 unspecified atom stereocenters. The van der Waals surface area contributed by atoms with Crippen molar-refractivity contribution in [2.45, 2.75) is 0 Å². The van der Waals surface area contributed by atoms with Crippen LogP contribution in [0.5, 0.6) is 11.5 Å². The highest BCUT2D eigenvalue weighted by atomic mass is 16.6. The molecule has 0 aromatic heterocycles. The molecule has 2 aromatic rings. The van der Waals surface area contributed by atoms with Gasteiger partial charge in [0.1, 0.15) is 17.1 Å². The Hall–Kier alpha value is -3.56. The smallest absolute Gasteiger partial charge is 0.273 e. The fourth-order valence-electron chi connectivity index (χ4n) is 1.82. The molecule has 0 bridgehead atoms. The van der Waals surface area contributed by atoms with E-state index >= 15 is 0 Å². The van der Waals surface area contributed by atoms with E-state index in [1.165, 1.54) is 44.6 Å². The number of non-ortho nitro benzene ring substituents is 1. The van der Waals surface area contributed by atoms with Gasteiger partial charge >= 0.3 is 0 Å². The lowest BCUT2D eigenvalue weighted by atomic mass is 10.2. The number of rotatable bonds is 7. The van der Waals surface area contributed by atoms with Gasteiger partial charge in [-0.3, -0.25) is 15.5 Å². The quantitative estimate of drug-likeness (QED) is 0.352. The van der Waals surface area contributed by atoms with E-state index in [1.807, 2.05) is 0 Å². The van der Waals surface area contributed by atoms with Crippen molar-refractivity contribution >= 4 is 22.7 Å². The third kappa shape index (κ3) is 3.80. The molecule has 0 amide bonds. The zero-order valence-corrected chi connectivity index (χ0v) is 12.8. The summed E-state index contributed by atoms with van der Waals surface area (Å²) in [6.07, 6.45) is 0. The van der Waals surface area contributed by atoms with Crippen molar-refractivity contribution in [3.63, 3.8) is 0 Å². The standard InChI is InChI=1S/C14H13N5O5/c1-23-13-7-9(17-20)3-5-11(13)15-18-16-12-6-4-10(19(21)22)8-14(12)24-2/h3-8H,1-2H3,(H,15,16). The number of anilines is 1. The summed E-state index contributed by atoms with van der Waals surface area (Å²) >= 11 is 0. The lowest BCUT2D eigenvalue weighted by Gasteiger charge is -2.07. The maximum Gasteiger partial charge on any atom is 0.273 e. The lowest BCUT2D eigenvalue weighted by Crippen LogP contribution is -1.93. The van der Waals surface area contributed by atoms with Gasteiger partial charge in [-0.2, -0.15) is 0 Å². The molecular formula is C14H13N5O5. The number of nitro groups is 1. The van der Waals surface area contributed by atoms with Crippen molar-refractivity contribution in [2.75, 3.05) is 19.6 Å². The first-order valence-corrected chi connectivity index (χ1v) is 6.59. The van der Waals surface area contributed by atoms with Crippen LogP contribution in [0.2, 0.25) is 0 Å². The fraction of sp³-hybridized carbons (Fsp3) is 0.143. The molecule has 0 spiro atoms. The minimum atomic E-state index is -0.533. The Labute approximate surface area is 136 Å². The molecule has 10 nitrogen and oxygen atoms in total. The Morgan fingerprint density at radius 3 is 2.46 bits per heavy atom. The fourth-order valence-corrected chi connectivity index (χ4v) is 1.82. The molecule has 0 aliphatic carbocycles. The van der Waals surface area contributed by atoms with Crippen LogP contribution in [-0.2, 0) is 0 Å². The van der Waals surface area contributed by atoms with Gasteiger partial charge < -0.3 is 9.47 Å². The minimum absolute atomic E-state index is 0.114. The van der Waals surface area contributed by atoms with E-state index in [4.69, 9.17) is 9.47 Å². The van der Waals surface area contributed by atoms with E-state index in [0.29, 0.717) is 17.1 Å². The van der Waals surface area contributed by atoms with E-state index in [-0.39, 0.29) is 17.1 Å². The Kier molecular flexibility index (Phi) is 5.34. The van der Waals surface area contributed by atoms with Gasteiger partial charge in [0.25, 0.3) is 5.69 Å². The Morgan fingerprint density at radius 1 is 1.08 bits per heavy atom. The zero-order chi connectivity index (χ0) is 17.5. The third-order valence-corrected chi connectivity index (χ3v) is 2.99. The number of nitrogens with one attached hydrogen (secondary N) is 1. The van der Waals surface area contributed by atoms with Gasteiger partial charge in [-0.05, 0) is 23.4 Å². The Balaban J connectivity index is 2.20. The van der Waals surface area contributed by atoms with Gasteiger partial charge in [-0.1, -0.05) is 5.22 Å². The number of hydrogen-bond donors (Lipinski definition) is 1. The maximum atomic E-state index is 10.7. The second-order valence-corrected chi connectivity index (χ2v) is 4.40. The third-order valence-electron chi connectivity index (χ3n) is 2.99. The summed E-state index contributed by atoms with van der Waals surface area (Å²) in [7, 11) is 2.81. The summed E-state index contributed by atoms with van der Waals surface area (Å²) in [4.78, 5) is 20.7. The molecule has 24 heavy (non-hydrogen) atoms. The van der Waals surface area contributed by atoms with Crippen LogP contribution in [0, 0.1) is 15.0 Å². The van der Waals surface area contributed by atoms with Gasteiger partial charge in [0.05, 0.1) is 30.9 Å². The van der Waals surface area contributed by atoms with Gasteiger partial charge in [0, 0.05) is 12.1 Å². The van der Waals surface area contributed by atoms with Crippen molar-refractivity contribution < 1.29 is 14.4 Å². The molecule has 0 aliphatic rings. The first-order valence-electron chi connectivity index (χ1n) is 6.59. The predicted octanol–water partition coefficient (Wildman–Crippen LogP) is 4.12. The summed E-state index contributed by atoms with van der Waals surface area (Å²) in [6.45, 7) is 0. The summed E-state index contributed by atoms with van der Waals surface area (Å²) in [5.41, 5.74) is 3.53. The van der Waals surface area contributed by atoms with Gasteiger partial charge in [0.15, 0.2) is 5.75 Å². The van der Waals surface area contributed by atoms with E-state index in [2.05, 4.69) is 20.9 Å². The molecule has 10 heteroatoms. The molecule has 2 rings (SSSR count). The monoisotopic (exact) mass is 331 g/mol. The highest BCUT2D eigenvalue weighted by Gasteiger charge is 2.11. The highest BCUT2D eigenvalue weighted by molar-refractivity contribution is 5.62. The van der Waals surface area contributed by atoms with E-state index in [1.54, 1.807) is 6.07 Å². The number of nitrogens with zero attached hydrogens (tertiary/aromatic N) is 4. The van der Waals surface area contributed by atoms with E-state index in [0.717, 1.165) is 0 Å². The van der Waals surface area contributed by atoms with Crippen LogP contribution in [0.4, 0.5) is 22.7 Å². The predicted molar refractivity (Wildman–Crippen MR) is 86.2 cm³/mol. The average molecular weight is 331 g/mol. The summed E-state index contributed by atoms with van der Waals surface area (Å²) in [5, 5.41) is 21.3. The number of benzene rings is 2. The molecule has 0 heterocycles. The molecule has 124 valence electrons. The van der Waals surface area contributed by atoms with Crippen molar-refractivity contribution in [1.29, 1.82) is 0 Å². The van der Waals surface area contributed by atoms with Crippen LogP contribution in [0.3, 0.4) is 0 Å². The minimum Gasteiger partial charge on any atom is -0.494 e. The van der Waals surface area contributed by atoms with Crippen molar-refractivity contribution in [2.24, 2.45) is 15.5 Å². The number of ether oxygens (including phenoxy) is 2. The normalized spacial score (nSPS) is 10.4. The molecule has 1 N–H and O–H groups in total. The number of nitroso groups, excluding NO2 is 1.